The van der Waals surface area contributed by atoms with Gasteiger partial charge in [0.25, 0.3) is 0 Å². The molecule has 1 aromatic rings. The summed E-state index contributed by atoms with van der Waals surface area (Å²) in [7, 11) is 0. The first-order valence-corrected chi connectivity index (χ1v) is 8.02. The molecule has 0 radical (unpaired) electrons. The summed E-state index contributed by atoms with van der Waals surface area (Å²) in [5.41, 5.74) is 7.88. The van der Waals surface area contributed by atoms with Gasteiger partial charge in [0.2, 0.25) is 5.91 Å². The Hall–Kier alpha value is -1.01. The highest BCUT2D eigenvalue weighted by Gasteiger charge is 2.35. The molecule has 1 amide bonds. The molecule has 0 aliphatic carbocycles. The van der Waals surface area contributed by atoms with E-state index in [0.29, 0.717) is 32.6 Å². The van der Waals surface area contributed by atoms with Crippen molar-refractivity contribution in [2.45, 2.75) is 32.2 Å². The second-order valence-electron chi connectivity index (χ2n) is 5.89. The molecule has 0 bridgehead atoms. The third-order valence-electron chi connectivity index (χ3n) is 4.34. The molecule has 1 fully saturated rings. The molecule has 1 aromatic carbocycles. The summed E-state index contributed by atoms with van der Waals surface area (Å²) in [6.07, 6.45) is 1.18. The molecule has 0 aromatic heterocycles. The molecular weight excluding hydrogens is 349 g/mol. The topological polar surface area (TPSA) is 67.6 Å². The van der Waals surface area contributed by atoms with Gasteiger partial charge in [-0.05, 0) is 38.3 Å². The van der Waals surface area contributed by atoms with Gasteiger partial charge < -0.3 is 20.7 Å². The third-order valence-corrected chi connectivity index (χ3v) is 4.34. The Balaban J connectivity index is 0.00000264. The Morgan fingerprint density at radius 3 is 2.50 bits per heavy atom. The zero-order chi connectivity index (χ0) is 16.0. The minimum Gasteiger partial charge on any atom is -0.381 e. The van der Waals surface area contributed by atoms with E-state index in [-0.39, 0.29) is 30.7 Å². The molecule has 0 spiro atoms. The minimum atomic E-state index is -0.766. The Bertz CT molecular complexity index is 508. The van der Waals surface area contributed by atoms with E-state index < -0.39 is 5.54 Å². The van der Waals surface area contributed by atoms with Crippen LogP contribution in [0.3, 0.4) is 0 Å². The Kier molecular flexibility index (Phi) is 10.3. The molecule has 1 aliphatic rings. The maximum Gasteiger partial charge on any atom is 0.240 e. The highest BCUT2D eigenvalue weighted by Crippen LogP contribution is 2.19. The van der Waals surface area contributed by atoms with E-state index in [0.717, 1.165) is 13.1 Å². The number of halogens is 2. The van der Waals surface area contributed by atoms with Gasteiger partial charge in [0.15, 0.2) is 0 Å². The zero-order valence-electron chi connectivity index (χ0n) is 14.4. The van der Waals surface area contributed by atoms with Crippen molar-refractivity contribution in [3.8, 4) is 0 Å². The van der Waals surface area contributed by atoms with Crippen LogP contribution in [0.25, 0.3) is 0 Å². The average Bonchev–Trinajstić information content (AvgIpc) is 2.53. The maximum atomic E-state index is 12.3. The number of rotatable bonds is 6. The number of amides is 1. The van der Waals surface area contributed by atoms with Gasteiger partial charge in [-0.3, -0.25) is 4.79 Å². The molecule has 7 heteroatoms. The van der Waals surface area contributed by atoms with E-state index in [4.69, 9.17) is 10.5 Å². The number of nitrogens with two attached hydrogens (primary N) is 1. The number of para-hydroxylation sites is 1. The summed E-state index contributed by atoms with van der Waals surface area (Å²) in [6.45, 7) is 7.63. The van der Waals surface area contributed by atoms with Crippen LogP contribution in [0.15, 0.2) is 24.3 Å². The highest BCUT2D eigenvalue weighted by molar-refractivity contribution is 5.86. The lowest BCUT2D eigenvalue weighted by Gasteiger charge is -2.32. The van der Waals surface area contributed by atoms with Crippen LogP contribution < -0.4 is 16.0 Å². The van der Waals surface area contributed by atoms with Gasteiger partial charge in [-0.2, -0.15) is 0 Å². The molecule has 24 heavy (non-hydrogen) atoms. The van der Waals surface area contributed by atoms with Gasteiger partial charge >= 0.3 is 0 Å². The standard InChI is InChI=1S/C17H27N3O2.2ClH/c1-3-20(15-7-5-4-6-14(15)2)11-10-19-16(21)17(18)8-12-22-13-9-17;;/h4-7H,3,8-13,18H2,1-2H3,(H,19,21);2*1H. The van der Waals surface area contributed by atoms with E-state index in [2.05, 4.69) is 36.2 Å². The minimum absolute atomic E-state index is 0. The summed E-state index contributed by atoms with van der Waals surface area (Å²) >= 11 is 0. The van der Waals surface area contributed by atoms with Crippen molar-refractivity contribution in [1.29, 1.82) is 0 Å². The Morgan fingerprint density at radius 2 is 1.92 bits per heavy atom. The van der Waals surface area contributed by atoms with Gasteiger partial charge in [-0.25, -0.2) is 0 Å². The summed E-state index contributed by atoms with van der Waals surface area (Å²) < 4.78 is 5.28. The quantitative estimate of drug-likeness (QED) is 0.797. The predicted molar refractivity (Wildman–Crippen MR) is 104 cm³/mol. The molecule has 2 rings (SSSR count). The lowest BCUT2D eigenvalue weighted by molar-refractivity contribution is -0.129. The van der Waals surface area contributed by atoms with Gasteiger partial charge in [0.05, 0.1) is 5.54 Å². The summed E-state index contributed by atoms with van der Waals surface area (Å²) in [5, 5.41) is 2.99. The van der Waals surface area contributed by atoms with Crippen LogP contribution in [-0.2, 0) is 9.53 Å². The SMILES string of the molecule is CCN(CCNC(=O)C1(N)CCOCC1)c1ccccc1C.Cl.Cl. The van der Waals surface area contributed by atoms with E-state index in [1.165, 1.54) is 11.3 Å². The third kappa shape index (κ3) is 5.81. The number of ether oxygens (including phenoxy) is 1. The number of benzene rings is 1. The van der Waals surface area contributed by atoms with Crippen molar-refractivity contribution in [3.05, 3.63) is 29.8 Å². The van der Waals surface area contributed by atoms with Crippen LogP contribution in [0.2, 0.25) is 0 Å². The lowest BCUT2D eigenvalue weighted by Crippen LogP contribution is -2.57. The molecule has 3 N–H and O–H groups in total. The molecule has 0 unspecified atom stereocenters. The fraction of sp³-hybridized carbons (Fsp3) is 0.588. The number of nitrogens with one attached hydrogen (secondary N) is 1. The zero-order valence-corrected chi connectivity index (χ0v) is 16.0. The van der Waals surface area contributed by atoms with E-state index in [1.807, 2.05) is 12.1 Å². The first-order chi connectivity index (χ1) is 10.6. The fourth-order valence-corrected chi connectivity index (χ4v) is 2.81. The molecule has 0 saturated carbocycles. The summed E-state index contributed by atoms with van der Waals surface area (Å²) in [5.74, 6) is -0.0587. The van der Waals surface area contributed by atoms with E-state index in [1.54, 1.807) is 0 Å². The first kappa shape index (κ1) is 23.0. The smallest absolute Gasteiger partial charge is 0.240 e. The first-order valence-electron chi connectivity index (χ1n) is 8.02. The summed E-state index contributed by atoms with van der Waals surface area (Å²) in [4.78, 5) is 14.5. The number of nitrogens with zero attached hydrogens (tertiary/aromatic N) is 1. The number of aryl methyl sites for hydroxylation is 1. The number of anilines is 1. The van der Waals surface area contributed by atoms with Crippen molar-refractivity contribution >= 4 is 36.4 Å². The van der Waals surface area contributed by atoms with Crippen molar-refractivity contribution in [2.24, 2.45) is 5.73 Å². The molecule has 1 heterocycles. The predicted octanol–water partition coefficient (Wildman–Crippen LogP) is 2.29. The normalized spacial score (nSPS) is 15.6. The summed E-state index contributed by atoms with van der Waals surface area (Å²) in [6, 6.07) is 8.30. The molecule has 0 atom stereocenters. The molecule has 1 saturated heterocycles. The molecule has 1 aliphatic heterocycles. The van der Waals surface area contributed by atoms with Crippen LogP contribution >= 0.6 is 24.8 Å². The van der Waals surface area contributed by atoms with Crippen LogP contribution in [0, 0.1) is 6.92 Å². The van der Waals surface area contributed by atoms with Crippen molar-refractivity contribution < 1.29 is 9.53 Å². The highest BCUT2D eigenvalue weighted by atomic mass is 35.5. The second-order valence-corrected chi connectivity index (χ2v) is 5.89. The van der Waals surface area contributed by atoms with Crippen LogP contribution in [0.5, 0.6) is 0 Å². The largest absolute Gasteiger partial charge is 0.381 e. The van der Waals surface area contributed by atoms with Gasteiger partial charge in [0, 0.05) is 38.5 Å². The second kappa shape index (κ2) is 10.8. The Labute approximate surface area is 157 Å². The number of hydrogen-bond donors (Lipinski definition) is 2. The molecule has 5 nitrogen and oxygen atoms in total. The van der Waals surface area contributed by atoms with Crippen molar-refractivity contribution in [1.82, 2.24) is 5.32 Å². The number of carbonyl (C=O) groups excluding carboxylic acids is 1. The van der Waals surface area contributed by atoms with Gasteiger partial charge in [-0.15, -0.1) is 24.8 Å². The van der Waals surface area contributed by atoms with Gasteiger partial charge in [-0.1, -0.05) is 18.2 Å². The molecule has 138 valence electrons. The van der Waals surface area contributed by atoms with Crippen LogP contribution in [0.4, 0.5) is 5.69 Å². The van der Waals surface area contributed by atoms with E-state index >= 15 is 0 Å². The number of carbonyl (C=O) groups is 1. The fourth-order valence-electron chi connectivity index (χ4n) is 2.81. The number of likely N-dealkylation sites (N-methyl/N-ethyl adjacent to an activating group) is 1. The van der Waals surface area contributed by atoms with Crippen molar-refractivity contribution in [2.75, 3.05) is 37.7 Å². The monoisotopic (exact) mass is 377 g/mol. The maximum absolute atomic E-state index is 12.3. The van der Waals surface area contributed by atoms with Crippen LogP contribution in [0.1, 0.15) is 25.3 Å². The Morgan fingerprint density at radius 1 is 1.29 bits per heavy atom. The number of hydrogen-bond acceptors (Lipinski definition) is 4. The van der Waals surface area contributed by atoms with Gasteiger partial charge in [0.1, 0.15) is 0 Å². The van der Waals surface area contributed by atoms with E-state index in [9.17, 15) is 4.79 Å². The van der Waals surface area contributed by atoms with Crippen molar-refractivity contribution in [3.63, 3.8) is 0 Å². The van der Waals surface area contributed by atoms with Crippen LogP contribution in [-0.4, -0.2) is 44.3 Å². The molecular formula is C17H29Cl2N3O2. The average molecular weight is 378 g/mol. The lowest BCUT2D eigenvalue weighted by atomic mass is 9.90.